The first kappa shape index (κ1) is 12.8. The molecule has 0 amide bonds. The van der Waals surface area contributed by atoms with Crippen LogP contribution in [0.25, 0.3) is 0 Å². The highest BCUT2D eigenvalue weighted by atomic mass is 16.3. The summed E-state index contributed by atoms with van der Waals surface area (Å²) in [5, 5.41) is 12.2. The quantitative estimate of drug-likeness (QED) is 0.660. The average Bonchev–Trinajstić information content (AvgIpc) is 2.29. The van der Waals surface area contributed by atoms with Crippen molar-refractivity contribution < 1.29 is 5.11 Å². The minimum atomic E-state index is 0.252. The van der Waals surface area contributed by atoms with E-state index in [2.05, 4.69) is 17.2 Å². The minimum Gasteiger partial charge on any atom is -0.397 e. The highest BCUT2D eigenvalue weighted by Crippen LogP contribution is 2.12. The molecule has 1 aromatic rings. The first-order valence-electron chi connectivity index (χ1n) is 5.82. The Hall–Kier alpha value is -1.29. The fraction of sp³-hybridized carbons (Fsp3) is 0.583. The summed E-state index contributed by atoms with van der Waals surface area (Å²) in [5.41, 5.74) is 6.23. The standard InChI is InChI=1S/C12H21N3O/c1-2-3-10(6-7-16)8-14-12-5-4-11(13)9-15-12/h4-5,9-10,16H,2-3,6-8,13H2,1H3,(H,14,15). The molecule has 1 heterocycles. The average molecular weight is 223 g/mol. The lowest BCUT2D eigenvalue weighted by Gasteiger charge is -2.15. The normalized spacial score (nSPS) is 12.4. The number of nitrogens with one attached hydrogen (secondary N) is 1. The second kappa shape index (κ2) is 7.06. The summed E-state index contributed by atoms with van der Waals surface area (Å²) in [6, 6.07) is 3.70. The number of hydrogen-bond acceptors (Lipinski definition) is 4. The molecule has 0 aliphatic carbocycles. The van der Waals surface area contributed by atoms with Crippen molar-refractivity contribution >= 4 is 11.5 Å². The number of rotatable bonds is 7. The zero-order valence-corrected chi connectivity index (χ0v) is 9.82. The SMILES string of the molecule is CCCC(CCO)CNc1ccc(N)cn1. The number of nitrogen functional groups attached to an aromatic ring is 1. The van der Waals surface area contributed by atoms with Gasteiger partial charge in [-0.1, -0.05) is 13.3 Å². The van der Waals surface area contributed by atoms with Crippen LogP contribution < -0.4 is 11.1 Å². The maximum Gasteiger partial charge on any atom is 0.126 e. The van der Waals surface area contributed by atoms with E-state index in [9.17, 15) is 0 Å². The van der Waals surface area contributed by atoms with Gasteiger partial charge >= 0.3 is 0 Å². The molecule has 1 aromatic heterocycles. The summed E-state index contributed by atoms with van der Waals surface area (Å²) in [4.78, 5) is 4.17. The predicted molar refractivity (Wildman–Crippen MR) is 67.2 cm³/mol. The molecule has 1 rings (SSSR count). The van der Waals surface area contributed by atoms with Gasteiger partial charge in [-0.05, 0) is 30.9 Å². The summed E-state index contributed by atoms with van der Waals surface area (Å²) in [6.07, 6.45) is 4.75. The molecule has 0 bridgehead atoms. The lowest BCUT2D eigenvalue weighted by atomic mass is 10.0. The molecular formula is C12H21N3O. The zero-order valence-electron chi connectivity index (χ0n) is 9.82. The number of aliphatic hydroxyl groups excluding tert-OH is 1. The maximum absolute atomic E-state index is 8.94. The molecule has 0 fully saturated rings. The molecule has 16 heavy (non-hydrogen) atoms. The minimum absolute atomic E-state index is 0.252. The molecule has 0 aliphatic heterocycles. The number of aromatic nitrogens is 1. The third-order valence-corrected chi connectivity index (χ3v) is 2.59. The van der Waals surface area contributed by atoms with Crippen LogP contribution in [0, 0.1) is 5.92 Å². The van der Waals surface area contributed by atoms with E-state index >= 15 is 0 Å². The topological polar surface area (TPSA) is 71.2 Å². The van der Waals surface area contributed by atoms with Gasteiger partial charge in [-0.3, -0.25) is 0 Å². The summed E-state index contributed by atoms with van der Waals surface area (Å²) in [5.74, 6) is 1.35. The van der Waals surface area contributed by atoms with Crippen LogP contribution in [0.1, 0.15) is 26.2 Å². The van der Waals surface area contributed by atoms with Gasteiger partial charge in [0, 0.05) is 13.2 Å². The molecule has 0 aromatic carbocycles. The number of pyridine rings is 1. The highest BCUT2D eigenvalue weighted by Gasteiger charge is 2.06. The van der Waals surface area contributed by atoms with Gasteiger partial charge in [-0.2, -0.15) is 0 Å². The molecule has 4 N–H and O–H groups in total. The summed E-state index contributed by atoms with van der Waals surface area (Å²) in [6.45, 7) is 3.26. The Morgan fingerprint density at radius 3 is 2.81 bits per heavy atom. The summed E-state index contributed by atoms with van der Waals surface area (Å²) < 4.78 is 0. The van der Waals surface area contributed by atoms with Crippen LogP contribution in [-0.2, 0) is 0 Å². The van der Waals surface area contributed by atoms with Crippen LogP contribution in [0.15, 0.2) is 18.3 Å². The predicted octanol–water partition coefficient (Wildman–Crippen LogP) is 1.87. The largest absolute Gasteiger partial charge is 0.397 e. The Labute approximate surface area is 96.9 Å². The number of aliphatic hydroxyl groups is 1. The van der Waals surface area contributed by atoms with E-state index in [1.807, 2.05) is 12.1 Å². The number of anilines is 2. The third kappa shape index (κ3) is 4.49. The van der Waals surface area contributed by atoms with Gasteiger partial charge in [0.2, 0.25) is 0 Å². The molecule has 0 spiro atoms. The van der Waals surface area contributed by atoms with Crippen molar-refractivity contribution in [3.8, 4) is 0 Å². The maximum atomic E-state index is 8.94. The second-order valence-corrected chi connectivity index (χ2v) is 4.02. The lowest BCUT2D eigenvalue weighted by molar-refractivity contribution is 0.255. The van der Waals surface area contributed by atoms with Gasteiger partial charge in [-0.25, -0.2) is 4.98 Å². The van der Waals surface area contributed by atoms with E-state index in [1.54, 1.807) is 6.20 Å². The van der Waals surface area contributed by atoms with Crippen molar-refractivity contribution in [3.05, 3.63) is 18.3 Å². The molecule has 90 valence electrons. The van der Waals surface area contributed by atoms with E-state index in [1.165, 1.54) is 0 Å². The fourth-order valence-electron chi connectivity index (χ4n) is 1.70. The van der Waals surface area contributed by atoms with E-state index < -0.39 is 0 Å². The van der Waals surface area contributed by atoms with E-state index in [4.69, 9.17) is 10.8 Å². The monoisotopic (exact) mass is 223 g/mol. The van der Waals surface area contributed by atoms with Gasteiger partial charge in [0.05, 0.1) is 11.9 Å². The Morgan fingerprint density at radius 2 is 2.25 bits per heavy atom. The van der Waals surface area contributed by atoms with Crippen molar-refractivity contribution in [2.45, 2.75) is 26.2 Å². The lowest BCUT2D eigenvalue weighted by Crippen LogP contribution is -2.16. The Kier molecular flexibility index (Phi) is 5.64. The molecule has 4 nitrogen and oxygen atoms in total. The van der Waals surface area contributed by atoms with Crippen molar-refractivity contribution in [1.29, 1.82) is 0 Å². The molecule has 1 atom stereocenters. The van der Waals surface area contributed by atoms with Crippen molar-refractivity contribution in [3.63, 3.8) is 0 Å². The molecule has 0 saturated carbocycles. The summed E-state index contributed by atoms with van der Waals surface area (Å²) in [7, 11) is 0. The first-order chi connectivity index (χ1) is 7.76. The van der Waals surface area contributed by atoms with E-state index in [0.717, 1.165) is 31.6 Å². The number of hydrogen-bond donors (Lipinski definition) is 3. The molecular weight excluding hydrogens is 202 g/mol. The Balaban J connectivity index is 2.38. The van der Waals surface area contributed by atoms with Gasteiger partial charge in [0.25, 0.3) is 0 Å². The van der Waals surface area contributed by atoms with Crippen LogP contribution in [0.4, 0.5) is 11.5 Å². The molecule has 4 heteroatoms. The van der Waals surface area contributed by atoms with Crippen LogP contribution >= 0.6 is 0 Å². The molecule has 0 saturated heterocycles. The number of nitrogens with zero attached hydrogens (tertiary/aromatic N) is 1. The first-order valence-corrected chi connectivity index (χ1v) is 5.82. The van der Waals surface area contributed by atoms with Crippen LogP contribution in [-0.4, -0.2) is 23.2 Å². The molecule has 0 aliphatic rings. The highest BCUT2D eigenvalue weighted by molar-refractivity contribution is 5.43. The summed E-state index contributed by atoms with van der Waals surface area (Å²) >= 11 is 0. The van der Waals surface area contributed by atoms with E-state index in [0.29, 0.717) is 11.6 Å². The zero-order chi connectivity index (χ0) is 11.8. The van der Waals surface area contributed by atoms with Gasteiger partial charge in [-0.15, -0.1) is 0 Å². The molecule has 0 radical (unpaired) electrons. The van der Waals surface area contributed by atoms with E-state index in [-0.39, 0.29) is 6.61 Å². The Morgan fingerprint density at radius 1 is 1.44 bits per heavy atom. The van der Waals surface area contributed by atoms with Gasteiger partial charge in [0.1, 0.15) is 5.82 Å². The number of nitrogens with two attached hydrogens (primary N) is 1. The van der Waals surface area contributed by atoms with Crippen molar-refractivity contribution in [1.82, 2.24) is 4.98 Å². The van der Waals surface area contributed by atoms with Crippen LogP contribution in [0.3, 0.4) is 0 Å². The van der Waals surface area contributed by atoms with Crippen molar-refractivity contribution in [2.75, 3.05) is 24.2 Å². The van der Waals surface area contributed by atoms with Gasteiger partial charge < -0.3 is 16.2 Å². The smallest absolute Gasteiger partial charge is 0.126 e. The van der Waals surface area contributed by atoms with Crippen LogP contribution in [0.5, 0.6) is 0 Å². The third-order valence-electron chi connectivity index (χ3n) is 2.59. The van der Waals surface area contributed by atoms with Crippen molar-refractivity contribution in [2.24, 2.45) is 5.92 Å². The van der Waals surface area contributed by atoms with Crippen LogP contribution in [0.2, 0.25) is 0 Å². The Bertz CT molecular complexity index is 281. The van der Waals surface area contributed by atoms with Gasteiger partial charge in [0.15, 0.2) is 0 Å². The molecule has 1 unspecified atom stereocenters. The fourth-order valence-corrected chi connectivity index (χ4v) is 1.70. The second-order valence-electron chi connectivity index (χ2n) is 4.02.